The van der Waals surface area contributed by atoms with Crippen LogP contribution in [0.2, 0.25) is 0 Å². The summed E-state index contributed by atoms with van der Waals surface area (Å²) in [5.74, 6) is 0.126. The number of nitrogens with zero attached hydrogens (tertiary/aromatic N) is 2. The molecule has 0 saturated heterocycles. The van der Waals surface area contributed by atoms with Crippen LogP contribution in [0.15, 0.2) is 71.6 Å². The molecule has 0 unspecified atom stereocenters. The molecule has 39 heavy (non-hydrogen) atoms. The maximum absolute atomic E-state index is 13.4. The molecular weight excluding hydrogens is 524 g/mol. The van der Waals surface area contributed by atoms with Crippen molar-refractivity contribution in [2.75, 3.05) is 36.1 Å². The molecule has 0 fully saturated rings. The number of carbonyl (C=O) groups excluding carboxylic acids is 2. The van der Waals surface area contributed by atoms with E-state index in [2.05, 4.69) is 30.6 Å². The average Bonchev–Trinajstić information content (AvgIpc) is 2.91. The lowest BCUT2D eigenvalue weighted by molar-refractivity contribution is -0.128. The molecule has 4 N–H and O–H groups in total. The predicted molar refractivity (Wildman–Crippen MR) is 147 cm³/mol. The summed E-state index contributed by atoms with van der Waals surface area (Å²) in [5.41, 5.74) is 1.93. The molecule has 12 nitrogen and oxygen atoms in total. The normalized spacial score (nSPS) is 10.9. The zero-order valence-corrected chi connectivity index (χ0v) is 22.1. The zero-order valence-electron chi connectivity index (χ0n) is 21.3. The van der Waals surface area contributed by atoms with Crippen LogP contribution in [0.25, 0.3) is 11.0 Å². The van der Waals surface area contributed by atoms with Crippen LogP contribution in [0.4, 0.5) is 23.0 Å². The highest BCUT2D eigenvalue weighted by Crippen LogP contribution is 2.31. The quantitative estimate of drug-likeness (QED) is 0.231. The highest BCUT2D eigenvalue weighted by Gasteiger charge is 2.20. The molecule has 0 atom stereocenters. The topological polar surface area (TPSA) is 161 Å². The summed E-state index contributed by atoms with van der Waals surface area (Å²) in [7, 11) is -1.10. The van der Waals surface area contributed by atoms with Gasteiger partial charge in [-0.15, -0.1) is 0 Å². The Kier molecular flexibility index (Phi) is 8.10. The average molecular weight is 551 g/mol. The summed E-state index contributed by atoms with van der Waals surface area (Å²) in [6.45, 7) is 1.01. The van der Waals surface area contributed by atoms with Crippen LogP contribution in [0, 0.1) is 0 Å². The molecule has 0 bridgehead atoms. The summed E-state index contributed by atoms with van der Waals surface area (Å²) < 4.78 is 39.9. The highest BCUT2D eigenvalue weighted by atomic mass is 32.2. The minimum Gasteiger partial charge on any atom is -0.497 e. The van der Waals surface area contributed by atoms with E-state index < -0.39 is 21.8 Å². The summed E-state index contributed by atoms with van der Waals surface area (Å²) >= 11 is 0. The lowest BCUT2D eigenvalue weighted by Crippen LogP contribution is -2.33. The molecule has 13 heteroatoms. The van der Waals surface area contributed by atoms with Crippen molar-refractivity contribution in [3.05, 3.63) is 66.7 Å². The number of fused-ring (bicyclic) bond motifs is 1. The van der Waals surface area contributed by atoms with E-state index in [0.717, 1.165) is 0 Å². The van der Waals surface area contributed by atoms with Crippen molar-refractivity contribution in [3.8, 4) is 11.5 Å². The molecule has 202 valence electrons. The Labute approximate surface area is 224 Å². The Morgan fingerprint density at radius 1 is 0.821 bits per heavy atom. The second kappa shape index (κ2) is 11.6. The van der Waals surface area contributed by atoms with E-state index in [1.54, 1.807) is 48.5 Å². The van der Waals surface area contributed by atoms with E-state index >= 15 is 0 Å². The molecule has 0 aliphatic heterocycles. The maximum atomic E-state index is 13.4. The van der Waals surface area contributed by atoms with Gasteiger partial charge in [-0.3, -0.25) is 19.6 Å². The second-order valence-electron chi connectivity index (χ2n) is 8.23. The van der Waals surface area contributed by atoms with Gasteiger partial charge in [0.05, 0.1) is 36.7 Å². The van der Waals surface area contributed by atoms with Gasteiger partial charge in [0.25, 0.3) is 10.0 Å². The first-order chi connectivity index (χ1) is 18.7. The first-order valence-corrected chi connectivity index (χ1v) is 13.1. The van der Waals surface area contributed by atoms with Gasteiger partial charge in [0.2, 0.25) is 11.8 Å². The van der Waals surface area contributed by atoms with E-state index in [-0.39, 0.29) is 23.1 Å². The number of nitrogens with one attached hydrogen (secondary N) is 4. The number of hydrogen-bond donors (Lipinski definition) is 4. The fraction of sp³-hybridized carbons (Fsp3) is 0.154. The molecule has 1 aromatic heterocycles. The molecule has 3 aromatic carbocycles. The third-order valence-electron chi connectivity index (χ3n) is 5.33. The van der Waals surface area contributed by atoms with Crippen molar-refractivity contribution in [1.82, 2.24) is 15.3 Å². The van der Waals surface area contributed by atoms with Crippen LogP contribution in [-0.4, -0.2) is 51.0 Å². The molecule has 0 radical (unpaired) electrons. The highest BCUT2D eigenvalue weighted by molar-refractivity contribution is 7.92. The number of para-hydroxylation sites is 2. The largest absolute Gasteiger partial charge is 0.497 e. The summed E-state index contributed by atoms with van der Waals surface area (Å²) in [6, 6.07) is 18.0. The maximum Gasteiger partial charge on any atom is 0.263 e. The van der Waals surface area contributed by atoms with Crippen molar-refractivity contribution in [1.29, 1.82) is 0 Å². The van der Waals surface area contributed by atoms with Crippen molar-refractivity contribution in [2.45, 2.75) is 11.8 Å². The number of anilines is 4. The Morgan fingerprint density at radius 2 is 1.46 bits per heavy atom. The van der Waals surface area contributed by atoms with Crippen LogP contribution in [0.5, 0.6) is 11.5 Å². The molecule has 0 saturated carbocycles. The molecule has 4 rings (SSSR count). The molecule has 0 aliphatic rings. The van der Waals surface area contributed by atoms with Gasteiger partial charge in [0.1, 0.15) is 11.5 Å². The van der Waals surface area contributed by atoms with Gasteiger partial charge >= 0.3 is 0 Å². The molecule has 0 aliphatic carbocycles. The number of amides is 2. The van der Waals surface area contributed by atoms with Crippen molar-refractivity contribution >= 4 is 55.9 Å². The summed E-state index contributed by atoms with van der Waals surface area (Å²) in [4.78, 5) is 31.8. The van der Waals surface area contributed by atoms with Gasteiger partial charge in [0, 0.05) is 36.5 Å². The number of carbonyl (C=O) groups is 2. The minimum atomic E-state index is -4.14. The Balaban J connectivity index is 1.66. The standard InChI is InChI=1S/C26H26N6O6S/c1-16(33)28-24(34)15-27-17-7-6-8-21(13-17)39(35,36)32-26-25(30-22-9-4-5-10-23(22)31-26)29-18-11-19(37-2)14-20(12-18)38-3/h4-14,27H,15H2,1-3H3,(H,29,30)(H,31,32)(H,28,33,34). The number of sulfonamides is 1. The Hall–Kier alpha value is -4.91. The first kappa shape index (κ1) is 27.1. The fourth-order valence-electron chi connectivity index (χ4n) is 3.56. The molecule has 0 spiro atoms. The van der Waals surface area contributed by atoms with Crippen LogP contribution < -0.4 is 30.1 Å². The SMILES string of the molecule is COc1cc(Nc2nc3ccccc3nc2NS(=O)(=O)c2cccc(NCC(=O)NC(C)=O)c2)cc(OC)c1. The lowest BCUT2D eigenvalue weighted by atomic mass is 10.2. The van der Waals surface area contributed by atoms with Crippen LogP contribution in [0.1, 0.15) is 6.92 Å². The van der Waals surface area contributed by atoms with Crippen molar-refractivity contribution in [2.24, 2.45) is 0 Å². The number of imide groups is 1. The van der Waals surface area contributed by atoms with E-state index in [9.17, 15) is 18.0 Å². The van der Waals surface area contributed by atoms with E-state index in [0.29, 0.717) is 33.9 Å². The van der Waals surface area contributed by atoms with Gasteiger partial charge in [-0.1, -0.05) is 18.2 Å². The van der Waals surface area contributed by atoms with Crippen LogP contribution in [-0.2, 0) is 19.6 Å². The van der Waals surface area contributed by atoms with Gasteiger partial charge in [0.15, 0.2) is 11.6 Å². The second-order valence-corrected chi connectivity index (χ2v) is 9.91. The monoisotopic (exact) mass is 550 g/mol. The predicted octanol–water partition coefficient (Wildman–Crippen LogP) is 3.27. The van der Waals surface area contributed by atoms with E-state index in [4.69, 9.17) is 9.47 Å². The number of benzene rings is 3. The number of methoxy groups -OCH3 is 2. The van der Waals surface area contributed by atoms with Crippen molar-refractivity contribution < 1.29 is 27.5 Å². The zero-order chi connectivity index (χ0) is 28.0. The number of aromatic nitrogens is 2. The first-order valence-electron chi connectivity index (χ1n) is 11.6. The number of ether oxygens (including phenoxy) is 2. The van der Waals surface area contributed by atoms with Gasteiger partial charge < -0.3 is 20.1 Å². The fourth-order valence-corrected chi connectivity index (χ4v) is 4.61. The van der Waals surface area contributed by atoms with Gasteiger partial charge in [-0.05, 0) is 30.3 Å². The summed E-state index contributed by atoms with van der Waals surface area (Å²) in [6.07, 6.45) is 0. The number of rotatable bonds is 10. The lowest BCUT2D eigenvalue weighted by Gasteiger charge is -2.15. The summed E-state index contributed by atoms with van der Waals surface area (Å²) in [5, 5.41) is 8.04. The third kappa shape index (κ3) is 6.90. The van der Waals surface area contributed by atoms with Gasteiger partial charge in [-0.2, -0.15) is 0 Å². The van der Waals surface area contributed by atoms with E-state index in [1.165, 1.54) is 39.3 Å². The van der Waals surface area contributed by atoms with Crippen LogP contribution in [0.3, 0.4) is 0 Å². The molecule has 2 amide bonds. The third-order valence-corrected chi connectivity index (χ3v) is 6.67. The molecule has 4 aromatic rings. The molecular formula is C26H26N6O6S. The van der Waals surface area contributed by atoms with Crippen molar-refractivity contribution in [3.63, 3.8) is 0 Å². The Bertz CT molecular complexity index is 1620. The van der Waals surface area contributed by atoms with Crippen LogP contribution >= 0.6 is 0 Å². The smallest absolute Gasteiger partial charge is 0.263 e. The Morgan fingerprint density at radius 3 is 2.08 bits per heavy atom. The number of hydrogen-bond acceptors (Lipinski definition) is 10. The van der Waals surface area contributed by atoms with Gasteiger partial charge in [-0.25, -0.2) is 18.4 Å². The van der Waals surface area contributed by atoms with E-state index in [1.807, 2.05) is 0 Å². The minimum absolute atomic E-state index is 0.0327. The molecule has 1 heterocycles.